The molecule has 0 amide bonds. The van der Waals surface area contributed by atoms with Gasteiger partial charge in [-0.2, -0.15) is 0 Å². The van der Waals surface area contributed by atoms with E-state index in [0.29, 0.717) is 13.2 Å². The Morgan fingerprint density at radius 1 is 1.19 bits per heavy atom. The van der Waals surface area contributed by atoms with Crippen LogP contribution in [-0.4, -0.2) is 19.1 Å². The maximum absolute atomic E-state index is 5.96. The van der Waals surface area contributed by atoms with Crippen molar-refractivity contribution in [1.29, 1.82) is 0 Å². The van der Waals surface area contributed by atoms with Crippen molar-refractivity contribution in [2.75, 3.05) is 14.2 Å². The second-order valence-corrected chi connectivity index (χ2v) is 6.12. The Kier molecular flexibility index (Phi) is 5.73. The number of benzene rings is 1. The van der Waals surface area contributed by atoms with Crippen LogP contribution in [0.15, 0.2) is 18.2 Å². The molecule has 0 saturated carbocycles. The summed E-state index contributed by atoms with van der Waals surface area (Å²) < 4.78 is 11.2. The van der Waals surface area contributed by atoms with E-state index in [1.54, 1.807) is 18.4 Å². The number of aryl methyl sites for hydroxylation is 2. The molecule has 1 aromatic heterocycles. The molecule has 0 aliphatic rings. The second-order valence-electron chi connectivity index (χ2n) is 4.95. The summed E-state index contributed by atoms with van der Waals surface area (Å²) >= 11 is 1.68. The molecule has 21 heavy (non-hydrogen) atoms. The Bertz CT molecular complexity index is 552. The number of nitrogens with one attached hydrogen (secondary N) is 1. The van der Waals surface area contributed by atoms with E-state index in [1.165, 1.54) is 4.88 Å². The second kappa shape index (κ2) is 7.54. The lowest BCUT2D eigenvalue weighted by molar-refractivity contribution is 0.180. The molecule has 1 N–H and O–H groups in total. The van der Waals surface area contributed by atoms with Crippen LogP contribution in [0.4, 0.5) is 0 Å². The Balaban J connectivity index is 2.11. The summed E-state index contributed by atoms with van der Waals surface area (Å²) in [5.41, 5.74) is 3.30. The highest BCUT2D eigenvalue weighted by molar-refractivity contribution is 7.11. The predicted octanol–water partition coefficient (Wildman–Crippen LogP) is 3.20. The van der Waals surface area contributed by atoms with Crippen molar-refractivity contribution in [2.45, 2.75) is 33.6 Å². The van der Waals surface area contributed by atoms with Crippen molar-refractivity contribution in [3.05, 3.63) is 44.9 Å². The van der Waals surface area contributed by atoms with E-state index < -0.39 is 0 Å². The zero-order valence-corrected chi connectivity index (χ0v) is 13.8. The first-order chi connectivity index (χ1) is 10.2. The summed E-state index contributed by atoms with van der Waals surface area (Å²) in [5.74, 6) is 0.955. The number of methoxy groups -OCH3 is 1. The number of hydrogen-bond acceptors (Lipinski definition) is 5. The molecular weight excluding hydrogens is 284 g/mol. The third-order valence-corrected chi connectivity index (χ3v) is 4.26. The van der Waals surface area contributed by atoms with Crippen LogP contribution in [0, 0.1) is 13.8 Å². The van der Waals surface area contributed by atoms with E-state index in [-0.39, 0.29) is 0 Å². The monoisotopic (exact) mass is 306 g/mol. The molecule has 114 valence electrons. The average Bonchev–Trinajstić information content (AvgIpc) is 2.81. The summed E-state index contributed by atoms with van der Waals surface area (Å²) in [6.07, 6.45) is 0. The molecule has 5 heteroatoms. The molecule has 1 heterocycles. The Morgan fingerprint density at radius 3 is 2.52 bits per heavy atom. The molecule has 0 aliphatic heterocycles. The van der Waals surface area contributed by atoms with Crippen LogP contribution in [0.25, 0.3) is 0 Å². The van der Waals surface area contributed by atoms with Crippen LogP contribution < -0.4 is 10.1 Å². The average molecular weight is 306 g/mol. The van der Waals surface area contributed by atoms with Crippen molar-refractivity contribution < 1.29 is 9.47 Å². The number of hydrogen-bond donors (Lipinski definition) is 1. The van der Waals surface area contributed by atoms with E-state index >= 15 is 0 Å². The van der Waals surface area contributed by atoms with Gasteiger partial charge in [-0.1, -0.05) is 18.2 Å². The lowest BCUT2D eigenvalue weighted by atomic mass is 10.1. The van der Waals surface area contributed by atoms with Crippen molar-refractivity contribution in [3.8, 4) is 5.75 Å². The third-order valence-electron chi connectivity index (χ3n) is 3.19. The minimum Gasteiger partial charge on any atom is -0.486 e. The van der Waals surface area contributed by atoms with Crippen molar-refractivity contribution >= 4 is 11.3 Å². The molecule has 0 atom stereocenters. The lowest BCUT2D eigenvalue weighted by Gasteiger charge is -2.10. The highest BCUT2D eigenvalue weighted by atomic mass is 32.1. The van der Waals surface area contributed by atoms with Gasteiger partial charge in [-0.3, -0.25) is 0 Å². The molecule has 2 rings (SSSR count). The largest absolute Gasteiger partial charge is 0.486 e. The molecule has 0 radical (unpaired) electrons. The SMILES string of the molecule is CNCc1sc(COc2c(C)cccc2C)nc1COC. The fourth-order valence-corrected chi connectivity index (χ4v) is 3.20. The summed E-state index contributed by atoms with van der Waals surface area (Å²) in [4.78, 5) is 5.83. The van der Waals surface area contributed by atoms with Crippen molar-refractivity contribution in [3.63, 3.8) is 0 Å². The first-order valence-corrected chi connectivity index (χ1v) is 7.77. The zero-order valence-electron chi connectivity index (χ0n) is 13.0. The maximum atomic E-state index is 5.96. The van der Waals surface area contributed by atoms with Gasteiger partial charge in [0.05, 0.1) is 12.3 Å². The minimum atomic E-state index is 0.497. The van der Waals surface area contributed by atoms with Gasteiger partial charge in [-0.15, -0.1) is 11.3 Å². The summed E-state index contributed by atoms with van der Waals surface area (Å²) in [7, 11) is 3.62. The smallest absolute Gasteiger partial charge is 0.140 e. The van der Waals surface area contributed by atoms with E-state index in [9.17, 15) is 0 Å². The number of rotatable bonds is 7. The Labute approximate surface area is 130 Å². The number of thiazole rings is 1. The fraction of sp³-hybridized carbons (Fsp3) is 0.438. The molecule has 4 nitrogen and oxygen atoms in total. The number of ether oxygens (including phenoxy) is 2. The molecule has 0 spiro atoms. The van der Waals surface area contributed by atoms with Crippen LogP contribution >= 0.6 is 11.3 Å². The van der Waals surface area contributed by atoms with Crippen LogP contribution in [0.5, 0.6) is 5.75 Å². The molecule has 0 bridgehead atoms. The third kappa shape index (κ3) is 4.03. The van der Waals surface area contributed by atoms with Gasteiger partial charge in [0.25, 0.3) is 0 Å². The number of aromatic nitrogens is 1. The molecule has 0 saturated heterocycles. The number of para-hydroxylation sites is 1. The van der Waals surface area contributed by atoms with Crippen LogP contribution in [0.2, 0.25) is 0 Å². The minimum absolute atomic E-state index is 0.497. The molecule has 0 fully saturated rings. The first-order valence-electron chi connectivity index (χ1n) is 6.95. The van der Waals surface area contributed by atoms with Gasteiger partial charge in [0.15, 0.2) is 0 Å². The summed E-state index contributed by atoms with van der Waals surface area (Å²) in [5, 5.41) is 4.14. The number of nitrogens with zero attached hydrogens (tertiary/aromatic N) is 1. The molecule has 1 aromatic carbocycles. The van der Waals surface area contributed by atoms with Gasteiger partial charge in [-0.25, -0.2) is 4.98 Å². The van der Waals surface area contributed by atoms with Gasteiger partial charge in [0.2, 0.25) is 0 Å². The topological polar surface area (TPSA) is 43.4 Å². The highest BCUT2D eigenvalue weighted by Crippen LogP contribution is 2.25. The Hall–Kier alpha value is -1.43. The normalized spacial score (nSPS) is 10.9. The standard InChI is InChI=1S/C16H22N2O2S/c1-11-6-5-7-12(2)16(11)20-10-15-18-13(9-19-4)14(21-15)8-17-3/h5-7,17H,8-10H2,1-4H3. The van der Waals surface area contributed by atoms with Crippen molar-refractivity contribution in [2.24, 2.45) is 0 Å². The predicted molar refractivity (Wildman–Crippen MR) is 85.8 cm³/mol. The molecule has 0 unspecified atom stereocenters. The van der Waals surface area contributed by atoms with Gasteiger partial charge < -0.3 is 14.8 Å². The van der Waals surface area contributed by atoms with Gasteiger partial charge in [-0.05, 0) is 32.0 Å². The molecule has 0 aliphatic carbocycles. The fourth-order valence-electron chi connectivity index (χ4n) is 2.21. The summed E-state index contributed by atoms with van der Waals surface area (Å²) in [6, 6.07) is 6.17. The quantitative estimate of drug-likeness (QED) is 0.853. The van der Waals surface area contributed by atoms with Crippen LogP contribution in [0.1, 0.15) is 26.7 Å². The first kappa shape index (κ1) is 15.9. The highest BCUT2D eigenvalue weighted by Gasteiger charge is 2.12. The van der Waals surface area contributed by atoms with E-state index in [1.807, 2.05) is 13.1 Å². The Morgan fingerprint density at radius 2 is 1.90 bits per heavy atom. The molecule has 2 aromatic rings. The summed E-state index contributed by atoms with van der Waals surface area (Å²) in [6.45, 7) is 5.97. The van der Waals surface area contributed by atoms with Crippen LogP contribution in [0.3, 0.4) is 0 Å². The van der Waals surface area contributed by atoms with E-state index in [4.69, 9.17) is 9.47 Å². The van der Waals surface area contributed by atoms with Crippen LogP contribution in [-0.2, 0) is 24.5 Å². The maximum Gasteiger partial charge on any atom is 0.140 e. The zero-order chi connectivity index (χ0) is 15.2. The van der Waals surface area contributed by atoms with Gasteiger partial charge in [0, 0.05) is 18.5 Å². The van der Waals surface area contributed by atoms with E-state index in [2.05, 4.69) is 36.3 Å². The lowest BCUT2D eigenvalue weighted by Crippen LogP contribution is -2.06. The van der Waals surface area contributed by atoms with Crippen molar-refractivity contribution in [1.82, 2.24) is 10.3 Å². The molecular formula is C16H22N2O2S. The van der Waals surface area contributed by atoms with E-state index in [0.717, 1.165) is 34.1 Å². The van der Waals surface area contributed by atoms with Gasteiger partial charge >= 0.3 is 0 Å². The van der Waals surface area contributed by atoms with Gasteiger partial charge in [0.1, 0.15) is 17.4 Å².